The van der Waals surface area contributed by atoms with Gasteiger partial charge >= 0.3 is 6.61 Å². The summed E-state index contributed by atoms with van der Waals surface area (Å²) in [6.07, 6.45) is 3.27. The van der Waals surface area contributed by atoms with Gasteiger partial charge in [0.25, 0.3) is 5.91 Å². The maximum atomic E-state index is 12.3. The zero-order valence-corrected chi connectivity index (χ0v) is 11.9. The van der Waals surface area contributed by atoms with E-state index in [4.69, 9.17) is 0 Å². The van der Waals surface area contributed by atoms with Crippen LogP contribution in [0.4, 0.5) is 8.78 Å². The number of hydrogen-bond acceptors (Lipinski definition) is 3. The summed E-state index contributed by atoms with van der Waals surface area (Å²) >= 11 is 0. The van der Waals surface area contributed by atoms with Crippen LogP contribution in [-0.2, 0) is 0 Å². The first-order chi connectivity index (χ1) is 9.89. The number of likely N-dealkylation sites (N-methyl/N-ethyl adjacent to an activating group) is 1. The maximum absolute atomic E-state index is 12.3. The van der Waals surface area contributed by atoms with Crippen LogP contribution >= 0.6 is 0 Å². The van der Waals surface area contributed by atoms with Gasteiger partial charge in [0.15, 0.2) is 0 Å². The largest absolute Gasteiger partial charge is 0.435 e. The number of nitrogens with zero attached hydrogens (tertiary/aromatic N) is 1. The van der Waals surface area contributed by atoms with E-state index < -0.39 is 12.2 Å². The summed E-state index contributed by atoms with van der Waals surface area (Å²) < 4.78 is 28.6. The monoisotopic (exact) mass is 299 g/mol. The fourth-order valence-corrected chi connectivity index (χ4v) is 2.73. The average Bonchev–Trinajstić information content (AvgIpc) is 2.83. The topological polar surface area (TPSA) is 49.8 Å². The summed E-state index contributed by atoms with van der Waals surface area (Å²) in [6, 6.07) is 5.68. The van der Waals surface area contributed by atoms with Crippen molar-refractivity contribution in [1.29, 1.82) is 0 Å². The molecule has 0 heterocycles. The van der Waals surface area contributed by atoms with Gasteiger partial charge in [-0.3, -0.25) is 4.79 Å². The van der Waals surface area contributed by atoms with Crippen molar-refractivity contribution >= 4 is 5.91 Å². The Kier molecular flexibility index (Phi) is 4.77. The number of rotatable bonds is 5. The highest BCUT2D eigenvalue weighted by Crippen LogP contribution is 2.30. The normalized spacial score (nSPS) is 17.0. The molecule has 1 saturated carbocycles. The Morgan fingerprint density at radius 1 is 1.43 bits per heavy atom. The average molecular weight is 299 g/mol. The number of aliphatic hydroxyl groups is 1. The molecular weight excluding hydrogens is 280 g/mol. The lowest BCUT2D eigenvalue weighted by Crippen LogP contribution is -2.42. The molecule has 0 radical (unpaired) electrons. The highest BCUT2D eigenvalue weighted by molar-refractivity contribution is 5.94. The third-order valence-electron chi connectivity index (χ3n) is 3.72. The minimum absolute atomic E-state index is 0.0520. The zero-order valence-electron chi connectivity index (χ0n) is 11.9. The first kappa shape index (κ1) is 15.7. The van der Waals surface area contributed by atoms with Crippen LogP contribution < -0.4 is 4.74 Å². The van der Waals surface area contributed by atoms with E-state index in [2.05, 4.69) is 4.74 Å². The van der Waals surface area contributed by atoms with E-state index in [-0.39, 0.29) is 23.8 Å². The van der Waals surface area contributed by atoms with Gasteiger partial charge in [-0.15, -0.1) is 0 Å². The summed E-state index contributed by atoms with van der Waals surface area (Å²) in [7, 11) is 1.60. The van der Waals surface area contributed by atoms with Crippen molar-refractivity contribution in [2.45, 2.75) is 37.9 Å². The van der Waals surface area contributed by atoms with Crippen molar-refractivity contribution in [2.75, 3.05) is 13.6 Å². The van der Waals surface area contributed by atoms with E-state index in [0.29, 0.717) is 12.8 Å². The molecule has 6 heteroatoms. The summed E-state index contributed by atoms with van der Waals surface area (Å²) in [4.78, 5) is 13.7. The second kappa shape index (κ2) is 6.39. The molecule has 0 atom stereocenters. The first-order valence-electron chi connectivity index (χ1n) is 6.92. The van der Waals surface area contributed by atoms with Gasteiger partial charge in [0.2, 0.25) is 0 Å². The lowest BCUT2D eigenvalue weighted by Gasteiger charge is -2.28. The molecule has 0 aliphatic heterocycles. The van der Waals surface area contributed by atoms with E-state index >= 15 is 0 Å². The van der Waals surface area contributed by atoms with Crippen LogP contribution in [-0.4, -0.2) is 41.7 Å². The minimum atomic E-state index is -2.92. The molecule has 0 saturated heterocycles. The third-order valence-corrected chi connectivity index (χ3v) is 3.72. The molecule has 2 rings (SSSR count). The minimum Gasteiger partial charge on any atom is -0.435 e. The smallest absolute Gasteiger partial charge is 0.387 e. The predicted octanol–water partition coefficient (Wildman–Crippen LogP) is 2.67. The van der Waals surface area contributed by atoms with Crippen LogP contribution in [0.1, 0.15) is 36.0 Å². The van der Waals surface area contributed by atoms with E-state index in [1.54, 1.807) is 7.05 Å². The van der Waals surface area contributed by atoms with Crippen LogP contribution in [0.3, 0.4) is 0 Å². The summed E-state index contributed by atoms with van der Waals surface area (Å²) in [5, 5.41) is 10.3. The van der Waals surface area contributed by atoms with Gasteiger partial charge in [0.05, 0.1) is 5.60 Å². The molecule has 0 spiro atoms. The molecule has 0 unspecified atom stereocenters. The van der Waals surface area contributed by atoms with Gasteiger partial charge in [-0.05, 0) is 31.0 Å². The molecule has 1 N–H and O–H groups in total. The lowest BCUT2D eigenvalue weighted by atomic mass is 10.0. The van der Waals surface area contributed by atoms with E-state index in [0.717, 1.165) is 12.8 Å². The van der Waals surface area contributed by atoms with Crippen molar-refractivity contribution in [1.82, 2.24) is 4.90 Å². The van der Waals surface area contributed by atoms with Crippen LogP contribution in [0.2, 0.25) is 0 Å². The zero-order chi connectivity index (χ0) is 15.5. The summed E-state index contributed by atoms with van der Waals surface area (Å²) in [5.41, 5.74) is -0.571. The summed E-state index contributed by atoms with van der Waals surface area (Å²) in [6.45, 7) is -2.68. The molecule has 116 valence electrons. The van der Waals surface area contributed by atoms with Gasteiger partial charge in [-0.2, -0.15) is 8.78 Å². The van der Waals surface area contributed by atoms with E-state index in [1.165, 1.54) is 29.2 Å². The van der Waals surface area contributed by atoms with Crippen molar-refractivity contribution in [2.24, 2.45) is 0 Å². The van der Waals surface area contributed by atoms with Gasteiger partial charge in [-0.1, -0.05) is 18.9 Å². The molecule has 4 nitrogen and oxygen atoms in total. The van der Waals surface area contributed by atoms with Crippen LogP contribution in [0.15, 0.2) is 24.3 Å². The highest BCUT2D eigenvalue weighted by Gasteiger charge is 2.33. The third kappa shape index (κ3) is 4.14. The number of alkyl halides is 2. The summed E-state index contributed by atoms with van der Waals surface area (Å²) in [5.74, 6) is -0.376. The predicted molar refractivity (Wildman–Crippen MR) is 73.5 cm³/mol. The van der Waals surface area contributed by atoms with E-state index in [9.17, 15) is 18.7 Å². The number of benzene rings is 1. The fourth-order valence-electron chi connectivity index (χ4n) is 2.73. The van der Waals surface area contributed by atoms with Gasteiger partial charge in [0, 0.05) is 19.2 Å². The molecule has 1 aromatic rings. The van der Waals surface area contributed by atoms with Crippen molar-refractivity contribution in [3.8, 4) is 5.75 Å². The fraction of sp³-hybridized carbons (Fsp3) is 0.533. The SMILES string of the molecule is CN(CC1(O)CCCC1)C(=O)c1cccc(OC(F)F)c1. The first-order valence-corrected chi connectivity index (χ1v) is 6.92. The Morgan fingerprint density at radius 3 is 2.71 bits per heavy atom. The number of halogens is 2. The number of ether oxygens (including phenoxy) is 1. The van der Waals surface area contributed by atoms with Gasteiger partial charge in [-0.25, -0.2) is 0 Å². The second-order valence-electron chi connectivity index (χ2n) is 5.50. The number of carbonyl (C=O) groups excluding carboxylic acids is 1. The molecule has 1 fully saturated rings. The number of carbonyl (C=O) groups is 1. The molecule has 1 aliphatic carbocycles. The van der Waals surface area contributed by atoms with Crippen molar-refractivity contribution in [3.05, 3.63) is 29.8 Å². The molecule has 1 amide bonds. The van der Waals surface area contributed by atoms with E-state index in [1.807, 2.05) is 0 Å². The van der Waals surface area contributed by atoms with Gasteiger partial charge < -0.3 is 14.7 Å². The van der Waals surface area contributed by atoms with Crippen LogP contribution in [0, 0.1) is 0 Å². The molecule has 1 aromatic carbocycles. The van der Waals surface area contributed by atoms with Crippen LogP contribution in [0.25, 0.3) is 0 Å². The quantitative estimate of drug-likeness (QED) is 0.909. The number of hydrogen-bond donors (Lipinski definition) is 1. The molecule has 21 heavy (non-hydrogen) atoms. The standard InChI is InChI=1S/C15H19F2NO3/c1-18(10-15(20)7-2-3-8-15)13(19)11-5-4-6-12(9-11)21-14(16)17/h4-6,9,14,20H,2-3,7-8,10H2,1H3. The molecular formula is C15H19F2NO3. The van der Waals surface area contributed by atoms with Gasteiger partial charge in [0.1, 0.15) is 5.75 Å². The molecule has 1 aliphatic rings. The second-order valence-corrected chi connectivity index (χ2v) is 5.50. The maximum Gasteiger partial charge on any atom is 0.387 e. The Labute approximate surface area is 122 Å². The Morgan fingerprint density at radius 2 is 2.10 bits per heavy atom. The van der Waals surface area contributed by atoms with Crippen LogP contribution in [0.5, 0.6) is 5.75 Å². The molecule has 0 bridgehead atoms. The lowest BCUT2D eigenvalue weighted by molar-refractivity contribution is -0.0499. The highest BCUT2D eigenvalue weighted by atomic mass is 19.3. The van der Waals surface area contributed by atoms with Crippen molar-refractivity contribution in [3.63, 3.8) is 0 Å². The Hall–Kier alpha value is -1.69. The van der Waals surface area contributed by atoms with Crippen molar-refractivity contribution < 1.29 is 23.4 Å². The molecule has 0 aromatic heterocycles. The Balaban J connectivity index is 2.04. The number of amides is 1. The Bertz CT molecular complexity index is 501.